The lowest BCUT2D eigenvalue weighted by Crippen LogP contribution is -2.37. The van der Waals surface area contributed by atoms with E-state index in [0.717, 1.165) is 24.7 Å². The molecule has 1 aromatic carbocycles. The Kier molecular flexibility index (Phi) is 7.11. The Hall–Kier alpha value is -2.32. The van der Waals surface area contributed by atoms with Gasteiger partial charge in [0.05, 0.1) is 20.3 Å². The van der Waals surface area contributed by atoms with E-state index in [1.165, 1.54) is 23.9 Å². The third kappa shape index (κ3) is 4.94. The fourth-order valence-corrected chi connectivity index (χ4v) is 3.74. The highest BCUT2D eigenvalue weighted by atomic mass is 32.2. The first kappa shape index (κ1) is 20.4. The largest absolute Gasteiger partial charge is 0.496 e. The first-order chi connectivity index (χ1) is 13.6. The van der Waals surface area contributed by atoms with E-state index in [2.05, 4.69) is 10.2 Å². The normalized spacial score (nSPS) is 14.0. The molecular weight excluding hydrogens is 381 g/mol. The maximum atomic E-state index is 13.4. The number of morpholine rings is 1. The van der Waals surface area contributed by atoms with E-state index < -0.39 is 0 Å². The van der Waals surface area contributed by atoms with Gasteiger partial charge in [-0.05, 0) is 23.4 Å². The molecule has 0 atom stereocenters. The molecule has 8 heteroatoms. The van der Waals surface area contributed by atoms with E-state index in [9.17, 15) is 9.18 Å². The van der Waals surface area contributed by atoms with Crippen molar-refractivity contribution in [2.75, 3.05) is 44.1 Å². The van der Waals surface area contributed by atoms with Gasteiger partial charge in [-0.25, -0.2) is 9.37 Å². The molecule has 0 saturated carbocycles. The molecule has 0 unspecified atom stereocenters. The molecule has 3 rings (SSSR count). The molecule has 0 bridgehead atoms. The standard InChI is InChI=1S/C20H24FN3O3S/c1-3-28-20-18(19(25)22-13-14-5-4-6-15(21)11-14)16(26-2)12-17(23-20)24-7-9-27-10-8-24/h4-6,11-12H,3,7-10,13H2,1-2H3,(H,22,25). The number of halogens is 1. The second-order valence-corrected chi connectivity index (χ2v) is 7.46. The lowest BCUT2D eigenvalue weighted by molar-refractivity contribution is 0.0943. The van der Waals surface area contributed by atoms with Crippen molar-refractivity contribution in [3.63, 3.8) is 0 Å². The zero-order chi connectivity index (χ0) is 19.9. The number of pyridine rings is 1. The van der Waals surface area contributed by atoms with Crippen molar-refractivity contribution in [3.05, 3.63) is 47.3 Å². The second-order valence-electron chi connectivity index (χ2n) is 6.21. The molecule has 150 valence electrons. The van der Waals surface area contributed by atoms with E-state index in [4.69, 9.17) is 14.5 Å². The molecule has 1 aliphatic heterocycles. The smallest absolute Gasteiger partial charge is 0.258 e. The van der Waals surface area contributed by atoms with Gasteiger partial charge in [-0.1, -0.05) is 19.1 Å². The van der Waals surface area contributed by atoms with Gasteiger partial charge in [-0.3, -0.25) is 4.79 Å². The molecule has 1 aromatic heterocycles. The highest BCUT2D eigenvalue weighted by molar-refractivity contribution is 7.99. The van der Waals surface area contributed by atoms with Crippen molar-refractivity contribution in [1.82, 2.24) is 10.3 Å². The van der Waals surface area contributed by atoms with Crippen molar-refractivity contribution in [3.8, 4) is 5.75 Å². The van der Waals surface area contributed by atoms with Gasteiger partial charge in [-0.15, -0.1) is 11.8 Å². The van der Waals surface area contributed by atoms with Gasteiger partial charge in [0.2, 0.25) is 0 Å². The number of carbonyl (C=O) groups is 1. The van der Waals surface area contributed by atoms with Gasteiger partial charge in [0.15, 0.2) is 0 Å². The summed E-state index contributed by atoms with van der Waals surface area (Å²) in [6.07, 6.45) is 0. The predicted octanol–water partition coefficient (Wildman–Crippen LogP) is 3.11. The number of hydrogen-bond donors (Lipinski definition) is 1. The molecule has 6 nitrogen and oxygen atoms in total. The Labute approximate surface area is 168 Å². The van der Waals surface area contributed by atoms with Crippen LogP contribution in [-0.2, 0) is 11.3 Å². The van der Waals surface area contributed by atoms with Crippen molar-refractivity contribution >= 4 is 23.5 Å². The minimum Gasteiger partial charge on any atom is -0.496 e. The summed E-state index contributed by atoms with van der Waals surface area (Å²) >= 11 is 1.49. The van der Waals surface area contributed by atoms with Crippen molar-refractivity contribution in [2.45, 2.75) is 18.5 Å². The number of nitrogens with zero attached hydrogens (tertiary/aromatic N) is 2. The number of rotatable bonds is 7. The molecule has 2 aromatic rings. The Bertz CT molecular complexity index is 828. The van der Waals surface area contributed by atoms with Gasteiger partial charge >= 0.3 is 0 Å². The van der Waals surface area contributed by atoms with Crippen LogP contribution in [0.2, 0.25) is 0 Å². The minimum absolute atomic E-state index is 0.223. The van der Waals surface area contributed by atoms with Gasteiger partial charge in [0, 0.05) is 25.7 Å². The topological polar surface area (TPSA) is 63.7 Å². The van der Waals surface area contributed by atoms with Crippen molar-refractivity contribution < 1.29 is 18.7 Å². The van der Waals surface area contributed by atoms with Gasteiger partial charge in [-0.2, -0.15) is 0 Å². The van der Waals surface area contributed by atoms with E-state index in [1.54, 1.807) is 25.3 Å². The van der Waals surface area contributed by atoms with E-state index >= 15 is 0 Å². The summed E-state index contributed by atoms with van der Waals surface area (Å²) in [4.78, 5) is 19.7. The molecule has 1 aliphatic rings. The molecule has 1 fully saturated rings. The molecule has 1 saturated heterocycles. The van der Waals surface area contributed by atoms with Crippen LogP contribution in [0, 0.1) is 5.82 Å². The first-order valence-electron chi connectivity index (χ1n) is 9.19. The number of benzene rings is 1. The minimum atomic E-state index is -0.330. The zero-order valence-corrected chi connectivity index (χ0v) is 16.9. The highest BCUT2D eigenvalue weighted by Crippen LogP contribution is 2.32. The number of hydrogen-bond acceptors (Lipinski definition) is 6. The van der Waals surface area contributed by atoms with Crippen LogP contribution in [-0.4, -0.2) is 50.1 Å². The van der Waals surface area contributed by atoms with Crippen LogP contribution in [0.15, 0.2) is 35.4 Å². The number of aromatic nitrogens is 1. The molecule has 1 amide bonds. The maximum absolute atomic E-state index is 13.4. The third-order valence-electron chi connectivity index (χ3n) is 4.34. The van der Waals surface area contributed by atoms with Gasteiger partial charge in [0.25, 0.3) is 5.91 Å². The summed E-state index contributed by atoms with van der Waals surface area (Å²) in [5.74, 6) is 1.40. The monoisotopic (exact) mass is 405 g/mol. The summed E-state index contributed by atoms with van der Waals surface area (Å²) in [7, 11) is 1.54. The fourth-order valence-electron chi connectivity index (χ4n) is 2.97. The Morgan fingerprint density at radius 2 is 2.14 bits per heavy atom. The average Bonchev–Trinajstić information content (AvgIpc) is 2.72. The number of anilines is 1. The number of carbonyl (C=O) groups excluding carboxylic acids is 1. The highest BCUT2D eigenvalue weighted by Gasteiger charge is 2.23. The van der Waals surface area contributed by atoms with Crippen LogP contribution in [0.3, 0.4) is 0 Å². The van der Waals surface area contributed by atoms with Crippen LogP contribution >= 0.6 is 11.8 Å². The summed E-state index contributed by atoms with van der Waals surface area (Å²) in [6.45, 7) is 5.02. The SMILES string of the molecule is CCSc1nc(N2CCOCC2)cc(OC)c1C(=O)NCc1cccc(F)c1. The van der Waals surface area contributed by atoms with Crippen LogP contribution in [0.25, 0.3) is 0 Å². The number of thioether (sulfide) groups is 1. The lowest BCUT2D eigenvalue weighted by Gasteiger charge is -2.28. The Balaban J connectivity index is 1.85. The fraction of sp³-hybridized carbons (Fsp3) is 0.400. The molecule has 0 aliphatic carbocycles. The summed E-state index contributed by atoms with van der Waals surface area (Å²) in [6, 6.07) is 7.95. The number of nitrogens with one attached hydrogen (secondary N) is 1. The summed E-state index contributed by atoms with van der Waals surface area (Å²) in [5.41, 5.74) is 1.10. The molecular formula is C20H24FN3O3S. The van der Waals surface area contributed by atoms with E-state index in [-0.39, 0.29) is 18.3 Å². The van der Waals surface area contributed by atoms with Crippen LogP contribution in [0.4, 0.5) is 10.2 Å². The third-order valence-corrected chi connectivity index (χ3v) is 5.20. The quantitative estimate of drug-likeness (QED) is 0.714. The number of ether oxygens (including phenoxy) is 2. The van der Waals surface area contributed by atoms with Crippen molar-refractivity contribution in [1.29, 1.82) is 0 Å². The van der Waals surface area contributed by atoms with E-state index in [0.29, 0.717) is 35.1 Å². The van der Waals surface area contributed by atoms with Gasteiger partial charge < -0.3 is 19.7 Å². The first-order valence-corrected chi connectivity index (χ1v) is 10.2. The zero-order valence-electron chi connectivity index (χ0n) is 16.0. The summed E-state index contributed by atoms with van der Waals surface area (Å²) in [5, 5.41) is 3.47. The van der Waals surface area contributed by atoms with Crippen LogP contribution in [0.1, 0.15) is 22.8 Å². The summed E-state index contributed by atoms with van der Waals surface area (Å²) < 4.78 is 24.3. The second kappa shape index (κ2) is 9.75. The number of methoxy groups -OCH3 is 1. The van der Waals surface area contributed by atoms with E-state index in [1.807, 2.05) is 6.92 Å². The molecule has 0 radical (unpaired) electrons. The molecule has 0 spiro atoms. The molecule has 2 heterocycles. The van der Waals surface area contributed by atoms with Crippen LogP contribution < -0.4 is 15.0 Å². The average molecular weight is 405 g/mol. The lowest BCUT2D eigenvalue weighted by atomic mass is 10.2. The Morgan fingerprint density at radius 1 is 1.36 bits per heavy atom. The van der Waals surface area contributed by atoms with Crippen LogP contribution in [0.5, 0.6) is 5.75 Å². The van der Waals surface area contributed by atoms with Gasteiger partial charge in [0.1, 0.15) is 28.0 Å². The molecule has 28 heavy (non-hydrogen) atoms. The predicted molar refractivity (Wildman–Crippen MR) is 108 cm³/mol. The maximum Gasteiger partial charge on any atom is 0.258 e. The molecule has 1 N–H and O–H groups in total. The van der Waals surface area contributed by atoms with Crippen molar-refractivity contribution in [2.24, 2.45) is 0 Å². The number of amides is 1. The Morgan fingerprint density at radius 3 is 2.82 bits per heavy atom.